The van der Waals surface area contributed by atoms with Crippen LogP contribution in [-0.4, -0.2) is 77.9 Å². The van der Waals surface area contributed by atoms with Crippen molar-refractivity contribution in [1.82, 2.24) is 16.0 Å². The van der Waals surface area contributed by atoms with Crippen molar-refractivity contribution in [3.05, 3.63) is 35.9 Å². The van der Waals surface area contributed by atoms with E-state index in [0.717, 1.165) is 5.56 Å². The number of unbranched alkanes of at least 4 members (excludes halogenated alkanes) is 1. The first-order valence-electron chi connectivity index (χ1n) is 13.4. The van der Waals surface area contributed by atoms with E-state index in [1.165, 1.54) is 0 Å². The monoisotopic (exact) mass is 577 g/mol. The van der Waals surface area contributed by atoms with E-state index in [-0.39, 0.29) is 44.6 Å². The number of guanidine groups is 1. The number of amides is 4. The molecule has 1 aromatic rings. The van der Waals surface area contributed by atoms with Crippen molar-refractivity contribution in [1.29, 1.82) is 0 Å². The molecule has 1 rings (SSSR count). The van der Waals surface area contributed by atoms with Crippen LogP contribution >= 0.6 is 0 Å². The molecule has 228 valence electrons. The number of nitrogens with zero attached hydrogens (tertiary/aromatic N) is 1. The Hall–Kier alpha value is -4.24. The average Bonchev–Trinajstić information content (AvgIpc) is 2.92. The Morgan fingerprint density at radius 3 is 1.95 bits per heavy atom. The van der Waals surface area contributed by atoms with Crippen molar-refractivity contribution in [3.63, 3.8) is 0 Å². The summed E-state index contributed by atoms with van der Waals surface area (Å²) in [5, 5.41) is 17.3. The van der Waals surface area contributed by atoms with Crippen molar-refractivity contribution in [2.45, 2.75) is 75.5 Å². The lowest BCUT2D eigenvalue weighted by Crippen LogP contribution is -2.57. The summed E-state index contributed by atoms with van der Waals surface area (Å²) >= 11 is 0. The molecule has 0 saturated heterocycles. The number of hydrogen-bond donors (Lipinski definition) is 9. The summed E-state index contributed by atoms with van der Waals surface area (Å²) in [5.41, 5.74) is 27.9. The van der Waals surface area contributed by atoms with Gasteiger partial charge >= 0.3 is 5.97 Å². The number of aliphatic carboxylic acids is 1. The van der Waals surface area contributed by atoms with Gasteiger partial charge in [-0.1, -0.05) is 30.3 Å². The summed E-state index contributed by atoms with van der Waals surface area (Å²) in [7, 11) is 0. The van der Waals surface area contributed by atoms with Crippen molar-refractivity contribution in [3.8, 4) is 0 Å². The molecule has 0 aromatic heterocycles. The molecule has 1 aromatic carbocycles. The van der Waals surface area contributed by atoms with E-state index < -0.39 is 53.8 Å². The van der Waals surface area contributed by atoms with Gasteiger partial charge in [-0.15, -0.1) is 0 Å². The average molecular weight is 578 g/mol. The summed E-state index contributed by atoms with van der Waals surface area (Å²) in [6, 6.07) is 4.32. The zero-order valence-corrected chi connectivity index (χ0v) is 23.1. The number of primary amides is 1. The van der Waals surface area contributed by atoms with Crippen LogP contribution in [0.15, 0.2) is 35.3 Å². The molecule has 15 heteroatoms. The summed E-state index contributed by atoms with van der Waals surface area (Å²) < 4.78 is 0. The fourth-order valence-electron chi connectivity index (χ4n) is 3.83. The van der Waals surface area contributed by atoms with Crippen LogP contribution < -0.4 is 44.6 Å². The SMILES string of the molecule is NCCCCC(NC(=O)C(Cc1ccccc1)NC(=O)C(N)CCC(N)=O)C(=O)NC(CCCN=C(N)N)C(=O)O. The number of benzene rings is 1. The highest BCUT2D eigenvalue weighted by molar-refractivity contribution is 5.94. The molecule has 14 N–H and O–H groups in total. The maximum atomic E-state index is 13.4. The predicted molar refractivity (Wildman–Crippen MR) is 153 cm³/mol. The molecule has 4 amide bonds. The van der Waals surface area contributed by atoms with Crippen LogP contribution in [0, 0.1) is 0 Å². The van der Waals surface area contributed by atoms with Gasteiger partial charge in [-0.25, -0.2) is 4.79 Å². The van der Waals surface area contributed by atoms with Gasteiger partial charge in [0.15, 0.2) is 5.96 Å². The number of carboxylic acids is 1. The minimum atomic E-state index is -1.26. The Balaban J connectivity index is 3.07. The largest absolute Gasteiger partial charge is 0.480 e. The van der Waals surface area contributed by atoms with E-state index >= 15 is 0 Å². The fourth-order valence-corrected chi connectivity index (χ4v) is 3.83. The van der Waals surface area contributed by atoms with Crippen molar-refractivity contribution >= 4 is 35.6 Å². The van der Waals surface area contributed by atoms with Gasteiger partial charge in [0, 0.05) is 19.4 Å². The van der Waals surface area contributed by atoms with E-state index in [1.54, 1.807) is 30.3 Å². The highest BCUT2D eigenvalue weighted by atomic mass is 16.4. The first-order valence-corrected chi connectivity index (χ1v) is 13.4. The molecule has 41 heavy (non-hydrogen) atoms. The van der Waals surface area contributed by atoms with Gasteiger partial charge in [-0.05, 0) is 50.6 Å². The van der Waals surface area contributed by atoms with Crippen LogP contribution in [0.3, 0.4) is 0 Å². The third-order valence-electron chi connectivity index (χ3n) is 6.09. The third-order valence-corrected chi connectivity index (χ3v) is 6.09. The maximum absolute atomic E-state index is 13.4. The molecule has 0 spiro atoms. The minimum absolute atomic E-state index is 0.00920. The number of nitrogens with two attached hydrogens (primary N) is 5. The number of carbonyl (C=O) groups excluding carboxylic acids is 4. The number of hydrogen-bond acceptors (Lipinski definition) is 8. The van der Waals surface area contributed by atoms with E-state index in [1.807, 2.05) is 0 Å². The summed E-state index contributed by atoms with van der Waals surface area (Å²) in [5.74, 6) is -4.04. The molecule has 0 radical (unpaired) electrons. The second-order valence-electron chi connectivity index (χ2n) is 9.56. The second-order valence-corrected chi connectivity index (χ2v) is 9.56. The molecule has 0 heterocycles. The Morgan fingerprint density at radius 1 is 0.780 bits per heavy atom. The summed E-state index contributed by atoms with van der Waals surface area (Å²) in [6.07, 6.45) is 1.54. The molecule has 0 aliphatic carbocycles. The van der Waals surface area contributed by atoms with Crippen molar-refractivity contribution in [2.75, 3.05) is 13.1 Å². The Labute approximate surface area is 239 Å². The van der Waals surface area contributed by atoms with Crippen LogP contribution in [0.1, 0.15) is 50.5 Å². The second kappa shape index (κ2) is 18.9. The molecule has 4 unspecified atom stereocenters. The van der Waals surface area contributed by atoms with Crippen LogP contribution in [-0.2, 0) is 30.4 Å². The lowest BCUT2D eigenvalue weighted by molar-refractivity contribution is -0.142. The number of aliphatic imine (C=N–C) groups is 1. The first-order chi connectivity index (χ1) is 19.4. The summed E-state index contributed by atoms with van der Waals surface area (Å²) in [6.45, 7) is 0.543. The Bertz CT molecular complexity index is 1030. The van der Waals surface area contributed by atoms with Gasteiger partial charge in [0.25, 0.3) is 0 Å². The van der Waals surface area contributed by atoms with Gasteiger partial charge in [-0.2, -0.15) is 0 Å². The van der Waals surface area contributed by atoms with Gasteiger partial charge in [0.05, 0.1) is 6.04 Å². The zero-order valence-electron chi connectivity index (χ0n) is 23.1. The van der Waals surface area contributed by atoms with Crippen molar-refractivity contribution in [2.24, 2.45) is 33.7 Å². The zero-order chi connectivity index (χ0) is 30.8. The van der Waals surface area contributed by atoms with Crippen LogP contribution in [0.25, 0.3) is 0 Å². The maximum Gasteiger partial charge on any atom is 0.326 e. The van der Waals surface area contributed by atoms with Gasteiger partial charge in [-0.3, -0.25) is 24.2 Å². The van der Waals surface area contributed by atoms with Crippen LogP contribution in [0.2, 0.25) is 0 Å². The highest BCUT2D eigenvalue weighted by Gasteiger charge is 2.30. The Morgan fingerprint density at radius 2 is 1.37 bits per heavy atom. The minimum Gasteiger partial charge on any atom is -0.480 e. The van der Waals surface area contributed by atoms with Gasteiger partial charge in [0.2, 0.25) is 23.6 Å². The Kier molecular flexibility index (Phi) is 16.1. The number of carbonyl (C=O) groups is 5. The third kappa shape index (κ3) is 14.6. The number of nitrogens with one attached hydrogen (secondary N) is 3. The van der Waals surface area contributed by atoms with E-state index in [0.29, 0.717) is 25.8 Å². The normalized spacial score (nSPS) is 13.6. The summed E-state index contributed by atoms with van der Waals surface area (Å²) in [4.78, 5) is 65.9. The topological polar surface area (TPSA) is 284 Å². The lowest BCUT2D eigenvalue weighted by Gasteiger charge is -2.25. The first kappa shape index (κ1) is 34.8. The standard InChI is InChI=1S/C26H43N9O6/c27-13-5-4-9-18(23(38)34-19(25(40)41)10-6-14-32-26(30)31)33-24(39)20(15-16-7-2-1-3-8-16)35-22(37)17(28)11-12-21(29)36/h1-3,7-8,17-20H,4-6,9-15,27-28H2,(H2,29,36)(H,33,39)(H,34,38)(H,35,37)(H,40,41)(H4,30,31,32). The molecule has 15 nitrogen and oxygen atoms in total. The quantitative estimate of drug-likeness (QED) is 0.0447. The van der Waals surface area contributed by atoms with Crippen LogP contribution in [0.5, 0.6) is 0 Å². The molecule has 0 bridgehead atoms. The van der Waals surface area contributed by atoms with Crippen LogP contribution in [0.4, 0.5) is 0 Å². The van der Waals surface area contributed by atoms with E-state index in [2.05, 4.69) is 20.9 Å². The number of carboxylic acid groups (broad SMARTS) is 1. The molecule has 0 fully saturated rings. The van der Waals surface area contributed by atoms with Gasteiger partial charge < -0.3 is 49.7 Å². The fraction of sp³-hybridized carbons (Fsp3) is 0.538. The molecule has 0 saturated carbocycles. The predicted octanol–water partition coefficient (Wildman–Crippen LogP) is -2.46. The molecule has 0 aliphatic heterocycles. The smallest absolute Gasteiger partial charge is 0.326 e. The van der Waals surface area contributed by atoms with Crippen molar-refractivity contribution < 1.29 is 29.1 Å². The molecular formula is C26H43N9O6. The van der Waals surface area contributed by atoms with Gasteiger partial charge in [0.1, 0.15) is 18.1 Å². The van der Waals surface area contributed by atoms with E-state index in [4.69, 9.17) is 28.7 Å². The molecule has 0 aliphatic rings. The molecule has 4 atom stereocenters. The number of rotatable bonds is 20. The molecular weight excluding hydrogens is 534 g/mol. The highest BCUT2D eigenvalue weighted by Crippen LogP contribution is 2.08. The van der Waals surface area contributed by atoms with E-state index in [9.17, 15) is 29.1 Å². The lowest BCUT2D eigenvalue weighted by atomic mass is 10.0.